The van der Waals surface area contributed by atoms with Gasteiger partial charge in [-0.1, -0.05) is 30.3 Å². The summed E-state index contributed by atoms with van der Waals surface area (Å²) < 4.78 is 9.84. The summed E-state index contributed by atoms with van der Waals surface area (Å²) in [6.45, 7) is 3.84. The molecular weight excluding hydrogens is 246 g/mol. The number of ether oxygens (including phenoxy) is 2. The molecular formula is C14H19NO4. The van der Waals surface area contributed by atoms with Crippen molar-refractivity contribution in [2.75, 3.05) is 13.2 Å². The van der Waals surface area contributed by atoms with E-state index in [2.05, 4.69) is 0 Å². The maximum absolute atomic E-state index is 12.0. The largest absolute Gasteiger partial charge is 0.465 e. The lowest BCUT2D eigenvalue weighted by atomic mass is 9.92. The van der Waals surface area contributed by atoms with Gasteiger partial charge in [0.05, 0.1) is 13.2 Å². The molecule has 0 saturated heterocycles. The van der Waals surface area contributed by atoms with Gasteiger partial charge in [-0.2, -0.15) is 0 Å². The van der Waals surface area contributed by atoms with Gasteiger partial charge >= 0.3 is 11.9 Å². The van der Waals surface area contributed by atoms with Crippen molar-refractivity contribution < 1.29 is 19.1 Å². The first-order valence-electron chi connectivity index (χ1n) is 6.25. The van der Waals surface area contributed by atoms with Crippen LogP contribution in [0.4, 0.5) is 0 Å². The molecule has 1 rings (SSSR count). The first-order valence-corrected chi connectivity index (χ1v) is 6.25. The van der Waals surface area contributed by atoms with Crippen LogP contribution >= 0.6 is 0 Å². The molecule has 2 atom stereocenters. The SMILES string of the molecule is CCOC(=O)[C@@H](N)[C@@H](C(=O)OCC)c1ccccc1. The van der Waals surface area contributed by atoms with E-state index >= 15 is 0 Å². The Kier molecular flexibility index (Phi) is 6.02. The predicted octanol–water partition coefficient (Wildman–Crippen LogP) is 1.22. The first-order chi connectivity index (χ1) is 9.11. The minimum atomic E-state index is -1.07. The summed E-state index contributed by atoms with van der Waals surface area (Å²) in [6, 6.07) is 7.78. The second-order valence-electron chi connectivity index (χ2n) is 3.92. The summed E-state index contributed by atoms with van der Waals surface area (Å²) in [5, 5.41) is 0. The molecule has 2 N–H and O–H groups in total. The molecule has 0 aliphatic heterocycles. The van der Waals surface area contributed by atoms with E-state index in [-0.39, 0.29) is 13.2 Å². The van der Waals surface area contributed by atoms with Gasteiger partial charge in [0.2, 0.25) is 0 Å². The monoisotopic (exact) mass is 265 g/mol. The lowest BCUT2D eigenvalue weighted by Crippen LogP contribution is -2.42. The number of rotatable bonds is 6. The molecule has 1 aromatic carbocycles. The minimum absolute atomic E-state index is 0.219. The van der Waals surface area contributed by atoms with Crippen LogP contribution in [-0.2, 0) is 19.1 Å². The van der Waals surface area contributed by atoms with Crippen LogP contribution in [0.5, 0.6) is 0 Å². The summed E-state index contributed by atoms with van der Waals surface area (Å²) in [5.74, 6) is -1.97. The van der Waals surface area contributed by atoms with Crippen molar-refractivity contribution in [2.24, 2.45) is 5.73 Å². The van der Waals surface area contributed by atoms with Crippen LogP contribution in [-0.4, -0.2) is 31.2 Å². The number of benzene rings is 1. The van der Waals surface area contributed by atoms with Crippen molar-refractivity contribution >= 4 is 11.9 Å². The lowest BCUT2D eigenvalue weighted by Gasteiger charge is -2.21. The highest BCUT2D eigenvalue weighted by molar-refractivity contribution is 5.88. The standard InChI is InChI=1S/C14H19NO4/c1-3-18-13(16)11(10-8-6-5-7-9-10)12(15)14(17)19-4-2/h5-9,11-12H,3-4,15H2,1-2H3/t11-,12-/m0/s1. The van der Waals surface area contributed by atoms with E-state index in [0.717, 1.165) is 0 Å². The Balaban J connectivity index is 2.99. The van der Waals surface area contributed by atoms with Crippen molar-refractivity contribution in [3.05, 3.63) is 35.9 Å². The van der Waals surface area contributed by atoms with E-state index in [9.17, 15) is 9.59 Å². The van der Waals surface area contributed by atoms with Gasteiger partial charge in [0, 0.05) is 0 Å². The third kappa shape index (κ3) is 4.06. The molecule has 0 heterocycles. The van der Waals surface area contributed by atoms with Crippen LogP contribution in [0.25, 0.3) is 0 Å². The Morgan fingerprint density at radius 1 is 1.05 bits per heavy atom. The number of carbonyl (C=O) groups excluding carboxylic acids is 2. The first kappa shape index (κ1) is 15.2. The number of nitrogens with two attached hydrogens (primary N) is 1. The van der Waals surface area contributed by atoms with E-state index in [1.54, 1.807) is 38.1 Å². The Labute approximate surface area is 112 Å². The van der Waals surface area contributed by atoms with E-state index < -0.39 is 23.9 Å². The normalized spacial score (nSPS) is 13.4. The second-order valence-corrected chi connectivity index (χ2v) is 3.92. The third-order valence-electron chi connectivity index (χ3n) is 2.62. The van der Waals surface area contributed by atoms with Gasteiger partial charge in [0.25, 0.3) is 0 Å². The summed E-state index contributed by atoms with van der Waals surface area (Å²) in [7, 11) is 0. The molecule has 0 saturated carbocycles. The van der Waals surface area contributed by atoms with Crippen LogP contribution < -0.4 is 5.73 Å². The molecule has 19 heavy (non-hydrogen) atoms. The molecule has 0 amide bonds. The second kappa shape index (κ2) is 7.53. The Bertz CT molecular complexity index is 419. The van der Waals surface area contributed by atoms with E-state index in [1.165, 1.54) is 0 Å². The van der Waals surface area contributed by atoms with Crippen LogP contribution in [0.15, 0.2) is 30.3 Å². The van der Waals surface area contributed by atoms with Crippen LogP contribution in [0.2, 0.25) is 0 Å². The molecule has 5 heteroatoms. The van der Waals surface area contributed by atoms with E-state index in [1.807, 2.05) is 6.07 Å². The summed E-state index contributed by atoms with van der Waals surface area (Å²) in [5.41, 5.74) is 6.48. The Morgan fingerprint density at radius 3 is 2.11 bits per heavy atom. The fourth-order valence-corrected chi connectivity index (χ4v) is 1.76. The topological polar surface area (TPSA) is 78.6 Å². The molecule has 0 aliphatic rings. The molecule has 0 bridgehead atoms. The van der Waals surface area contributed by atoms with Crippen LogP contribution in [0.1, 0.15) is 25.3 Å². The van der Waals surface area contributed by atoms with Crippen molar-refractivity contribution in [1.29, 1.82) is 0 Å². The van der Waals surface area contributed by atoms with E-state index in [4.69, 9.17) is 15.2 Å². The quantitative estimate of drug-likeness (QED) is 0.782. The van der Waals surface area contributed by atoms with Crippen molar-refractivity contribution in [1.82, 2.24) is 0 Å². The van der Waals surface area contributed by atoms with Gasteiger partial charge in [-0.3, -0.25) is 9.59 Å². The zero-order valence-electron chi connectivity index (χ0n) is 11.2. The highest BCUT2D eigenvalue weighted by Crippen LogP contribution is 2.21. The van der Waals surface area contributed by atoms with Crippen molar-refractivity contribution in [3.8, 4) is 0 Å². The lowest BCUT2D eigenvalue weighted by molar-refractivity contribution is -0.153. The number of hydrogen-bond donors (Lipinski definition) is 1. The molecule has 0 aromatic heterocycles. The van der Waals surface area contributed by atoms with Crippen LogP contribution in [0.3, 0.4) is 0 Å². The van der Waals surface area contributed by atoms with Gasteiger partial charge in [0.15, 0.2) is 0 Å². The van der Waals surface area contributed by atoms with Gasteiger partial charge in [-0.15, -0.1) is 0 Å². The zero-order valence-corrected chi connectivity index (χ0v) is 11.2. The maximum Gasteiger partial charge on any atom is 0.324 e. The fourth-order valence-electron chi connectivity index (χ4n) is 1.76. The summed E-state index contributed by atoms with van der Waals surface area (Å²) >= 11 is 0. The van der Waals surface area contributed by atoms with Crippen molar-refractivity contribution in [3.63, 3.8) is 0 Å². The van der Waals surface area contributed by atoms with E-state index in [0.29, 0.717) is 5.56 Å². The van der Waals surface area contributed by atoms with Gasteiger partial charge in [0.1, 0.15) is 12.0 Å². The molecule has 1 aromatic rings. The number of carbonyl (C=O) groups is 2. The highest BCUT2D eigenvalue weighted by Gasteiger charge is 2.34. The zero-order chi connectivity index (χ0) is 14.3. The smallest absolute Gasteiger partial charge is 0.324 e. The van der Waals surface area contributed by atoms with Gasteiger partial charge in [-0.05, 0) is 19.4 Å². The minimum Gasteiger partial charge on any atom is -0.465 e. The maximum atomic E-state index is 12.0. The molecule has 5 nitrogen and oxygen atoms in total. The molecule has 0 aliphatic carbocycles. The summed E-state index contributed by atoms with van der Waals surface area (Å²) in [4.78, 5) is 23.7. The van der Waals surface area contributed by atoms with Crippen molar-refractivity contribution in [2.45, 2.75) is 25.8 Å². The number of esters is 2. The molecule has 0 fully saturated rings. The fraction of sp³-hybridized carbons (Fsp3) is 0.429. The number of hydrogen-bond acceptors (Lipinski definition) is 5. The van der Waals surface area contributed by atoms with Gasteiger partial charge in [-0.25, -0.2) is 0 Å². The molecule has 0 radical (unpaired) electrons. The van der Waals surface area contributed by atoms with Crippen LogP contribution in [0, 0.1) is 0 Å². The molecule has 0 unspecified atom stereocenters. The average Bonchev–Trinajstić information content (AvgIpc) is 2.40. The van der Waals surface area contributed by atoms with Gasteiger partial charge < -0.3 is 15.2 Å². The Hall–Kier alpha value is -1.88. The predicted molar refractivity (Wildman–Crippen MR) is 70.4 cm³/mol. The average molecular weight is 265 g/mol. The molecule has 0 spiro atoms. The molecule has 104 valence electrons. The highest BCUT2D eigenvalue weighted by atomic mass is 16.5. The summed E-state index contributed by atoms with van der Waals surface area (Å²) in [6.07, 6.45) is 0. The Morgan fingerprint density at radius 2 is 1.58 bits per heavy atom. The third-order valence-corrected chi connectivity index (χ3v) is 2.62.